The molecule has 3 aromatic heterocycles. The molecule has 0 unspecified atom stereocenters. The van der Waals surface area contributed by atoms with Gasteiger partial charge in [-0.2, -0.15) is 0 Å². The number of aromatic nitrogens is 4. The second-order valence-corrected chi connectivity index (χ2v) is 6.78. The summed E-state index contributed by atoms with van der Waals surface area (Å²) < 4.78 is 28.9. The lowest BCUT2D eigenvalue weighted by atomic mass is 9.95. The molecule has 1 fully saturated rings. The van der Waals surface area contributed by atoms with Crippen LogP contribution in [-0.2, 0) is 6.54 Å². The van der Waals surface area contributed by atoms with Gasteiger partial charge in [-0.05, 0) is 25.0 Å². The smallest absolute Gasteiger partial charge is 0.275 e. The Kier molecular flexibility index (Phi) is 5.10. The van der Waals surface area contributed by atoms with Crippen molar-refractivity contribution >= 4 is 5.91 Å². The first-order valence-corrected chi connectivity index (χ1v) is 9.13. The minimum atomic E-state index is -0.932. The van der Waals surface area contributed by atoms with Crippen molar-refractivity contribution in [2.45, 2.75) is 25.3 Å². The Morgan fingerprint density at radius 3 is 2.64 bits per heavy atom. The van der Waals surface area contributed by atoms with Crippen molar-refractivity contribution in [3.05, 3.63) is 77.9 Å². The van der Waals surface area contributed by atoms with Crippen LogP contribution in [0.2, 0.25) is 0 Å². The zero-order chi connectivity index (χ0) is 19.5. The van der Waals surface area contributed by atoms with Crippen molar-refractivity contribution in [1.29, 1.82) is 0 Å². The summed E-state index contributed by atoms with van der Waals surface area (Å²) in [5.41, 5.74) is 0.615. The van der Waals surface area contributed by atoms with E-state index in [1.165, 1.54) is 0 Å². The largest absolute Gasteiger partial charge is 0.337 e. The molecule has 3 aromatic rings. The van der Waals surface area contributed by atoms with Crippen molar-refractivity contribution in [1.82, 2.24) is 24.4 Å². The van der Waals surface area contributed by atoms with E-state index in [0.717, 1.165) is 17.7 Å². The zero-order valence-corrected chi connectivity index (χ0v) is 15.1. The molecule has 0 aliphatic carbocycles. The molecule has 144 valence electrons. The van der Waals surface area contributed by atoms with E-state index in [2.05, 4.69) is 19.5 Å². The second-order valence-electron chi connectivity index (χ2n) is 6.78. The fourth-order valence-corrected chi connectivity index (χ4v) is 3.54. The third kappa shape index (κ3) is 3.76. The number of hydrogen-bond donors (Lipinski definition) is 0. The van der Waals surface area contributed by atoms with Crippen molar-refractivity contribution < 1.29 is 13.6 Å². The van der Waals surface area contributed by atoms with Gasteiger partial charge in [-0.15, -0.1) is 0 Å². The van der Waals surface area contributed by atoms with Crippen molar-refractivity contribution in [2.24, 2.45) is 0 Å². The fraction of sp³-hybridized carbons (Fsp3) is 0.300. The van der Waals surface area contributed by atoms with Gasteiger partial charge < -0.3 is 9.47 Å². The Labute approximate surface area is 160 Å². The molecule has 8 heteroatoms. The van der Waals surface area contributed by atoms with E-state index in [-0.39, 0.29) is 11.6 Å². The van der Waals surface area contributed by atoms with Gasteiger partial charge in [-0.3, -0.25) is 9.78 Å². The van der Waals surface area contributed by atoms with Crippen molar-refractivity contribution in [3.8, 4) is 0 Å². The topological polar surface area (TPSA) is 63.9 Å². The Morgan fingerprint density at radius 1 is 1.11 bits per heavy atom. The maximum absolute atomic E-state index is 13.8. The molecule has 0 atom stereocenters. The molecule has 1 saturated heterocycles. The Balaban J connectivity index is 1.42. The van der Waals surface area contributed by atoms with Crippen LogP contribution in [0, 0.1) is 11.6 Å². The highest BCUT2D eigenvalue weighted by atomic mass is 19.1. The molecule has 28 heavy (non-hydrogen) atoms. The number of likely N-dealkylation sites (tertiary alicyclic amines) is 1. The summed E-state index contributed by atoms with van der Waals surface area (Å²) in [6.07, 6.45) is 7.75. The van der Waals surface area contributed by atoms with Crippen LogP contribution in [0.4, 0.5) is 8.78 Å². The maximum Gasteiger partial charge on any atom is 0.275 e. The lowest BCUT2D eigenvalue weighted by molar-refractivity contribution is 0.0699. The molecule has 0 N–H and O–H groups in total. The number of hydrogen-bond acceptors (Lipinski definition) is 4. The fourth-order valence-electron chi connectivity index (χ4n) is 3.54. The van der Waals surface area contributed by atoms with Gasteiger partial charge in [-0.25, -0.2) is 18.7 Å². The number of rotatable bonds is 4. The van der Waals surface area contributed by atoms with E-state index in [4.69, 9.17) is 0 Å². The van der Waals surface area contributed by atoms with Crippen LogP contribution in [0.1, 0.15) is 40.8 Å². The Morgan fingerprint density at radius 2 is 1.93 bits per heavy atom. The SMILES string of the molecule is O=C(c1ncc(F)cc1F)N1CCC(c2nccn2Cc2ccccn2)CC1. The van der Waals surface area contributed by atoms with E-state index in [0.29, 0.717) is 38.5 Å². The molecule has 0 aromatic carbocycles. The van der Waals surface area contributed by atoms with Crippen LogP contribution in [0.5, 0.6) is 0 Å². The molecule has 0 saturated carbocycles. The maximum atomic E-state index is 13.8. The molecule has 0 spiro atoms. The van der Waals surface area contributed by atoms with Gasteiger partial charge >= 0.3 is 0 Å². The summed E-state index contributed by atoms with van der Waals surface area (Å²) >= 11 is 0. The van der Waals surface area contributed by atoms with Crippen molar-refractivity contribution in [2.75, 3.05) is 13.1 Å². The number of carbonyl (C=O) groups is 1. The van der Waals surface area contributed by atoms with Gasteiger partial charge in [0.05, 0.1) is 18.4 Å². The standard InChI is InChI=1S/C20H19F2N5O/c21-15-11-17(22)18(25-12-15)20(28)26-8-4-14(5-9-26)19-24-7-10-27(19)13-16-3-1-2-6-23-16/h1-3,6-7,10-12,14H,4-5,8-9,13H2. The highest BCUT2D eigenvalue weighted by Gasteiger charge is 2.29. The first kappa shape index (κ1) is 18.2. The van der Waals surface area contributed by atoms with Crippen LogP contribution in [0.3, 0.4) is 0 Å². The van der Waals surface area contributed by atoms with E-state index in [1.807, 2.05) is 24.4 Å². The number of halogens is 2. The molecule has 1 aliphatic rings. The van der Waals surface area contributed by atoms with Crippen LogP contribution in [-0.4, -0.2) is 43.4 Å². The molecule has 0 radical (unpaired) electrons. The normalized spacial score (nSPS) is 15.0. The predicted molar refractivity (Wildman–Crippen MR) is 97.6 cm³/mol. The van der Waals surface area contributed by atoms with Crippen LogP contribution in [0.15, 0.2) is 49.1 Å². The minimum absolute atomic E-state index is 0.203. The molecule has 1 aliphatic heterocycles. The molecule has 0 bridgehead atoms. The van der Waals surface area contributed by atoms with Gasteiger partial charge in [-0.1, -0.05) is 6.07 Å². The van der Waals surface area contributed by atoms with Gasteiger partial charge in [0.1, 0.15) is 11.6 Å². The van der Waals surface area contributed by atoms with Crippen LogP contribution < -0.4 is 0 Å². The van der Waals surface area contributed by atoms with Gasteiger partial charge in [0.15, 0.2) is 11.5 Å². The second kappa shape index (κ2) is 7.84. The summed E-state index contributed by atoms with van der Waals surface area (Å²) in [5.74, 6) is -1.07. The van der Waals surface area contributed by atoms with E-state index >= 15 is 0 Å². The Hall–Kier alpha value is -3.16. The van der Waals surface area contributed by atoms with Gasteiger partial charge in [0.25, 0.3) is 5.91 Å². The highest BCUT2D eigenvalue weighted by Crippen LogP contribution is 2.28. The van der Waals surface area contributed by atoms with Gasteiger partial charge in [0.2, 0.25) is 0 Å². The first-order valence-electron chi connectivity index (χ1n) is 9.13. The van der Waals surface area contributed by atoms with Crippen LogP contribution >= 0.6 is 0 Å². The first-order chi connectivity index (χ1) is 13.6. The van der Waals surface area contributed by atoms with E-state index in [1.54, 1.807) is 17.3 Å². The van der Waals surface area contributed by atoms with Crippen LogP contribution in [0.25, 0.3) is 0 Å². The van der Waals surface area contributed by atoms with Gasteiger partial charge in [0, 0.05) is 43.7 Å². The summed E-state index contributed by atoms with van der Waals surface area (Å²) in [7, 11) is 0. The minimum Gasteiger partial charge on any atom is -0.337 e. The molecular weight excluding hydrogens is 364 g/mol. The molecule has 4 heterocycles. The lowest BCUT2D eigenvalue weighted by Crippen LogP contribution is -2.39. The Bertz CT molecular complexity index is 968. The highest BCUT2D eigenvalue weighted by molar-refractivity contribution is 5.92. The van der Waals surface area contributed by atoms with Crippen molar-refractivity contribution in [3.63, 3.8) is 0 Å². The summed E-state index contributed by atoms with van der Waals surface area (Å²) in [5, 5.41) is 0. The van der Waals surface area contributed by atoms with E-state index < -0.39 is 17.5 Å². The molecule has 1 amide bonds. The number of carbonyl (C=O) groups excluding carboxylic acids is 1. The number of amides is 1. The number of imidazole rings is 1. The zero-order valence-electron chi connectivity index (χ0n) is 15.1. The summed E-state index contributed by atoms with van der Waals surface area (Å²) in [6, 6.07) is 6.48. The lowest BCUT2D eigenvalue weighted by Gasteiger charge is -2.31. The average Bonchev–Trinajstić information content (AvgIpc) is 3.16. The quantitative estimate of drug-likeness (QED) is 0.695. The molecular formula is C20H19F2N5O. The third-order valence-electron chi connectivity index (χ3n) is 4.96. The molecule has 6 nitrogen and oxygen atoms in total. The summed E-state index contributed by atoms with van der Waals surface area (Å²) in [4.78, 5) is 26.5. The molecule has 4 rings (SSSR count). The average molecular weight is 383 g/mol. The number of nitrogens with zero attached hydrogens (tertiary/aromatic N) is 5. The third-order valence-corrected chi connectivity index (χ3v) is 4.96. The van der Waals surface area contributed by atoms with E-state index in [9.17, 15) is 13.6 Å². The number of pyridine rings is 2. The number of piperidine rings is 1. The summed E-state index contributed by atoms with van der Waals surface area (Å²) in [6.45, 7) is 1.58. The monoisotopic (exact) mass is 383 g/mol. The predicted octanol–water partition coefficient (Wildman–Crippen LogP) is 3.02.